The van der Waals surface area contributed by atoms with Gasteiger partial charge in [-0.1, -0.05) is 30.3 Å². The lowest BCUT2D eigenvalue weighted by atomic mass is 10.0. The molecule has 3 rings (SSSR count). The van der Waals surface area contributed by atoms with Crippen LogP contribution in [0.2, 0.25) is 0 Å². The Hall–Kier alpha value is -3.24. The number of benzene rings is 1. The van der Waals surface area contributed by atoms with Crippen molar-refractivity contribution in [2.24, 2.45) is 0 Å². The molecule has 10 heteroatoms. The highest BCUT2D eigenvalue weighted by Crippen LogP contribution is 2.35. The fourth-order valence-electron chi connectivity index (χ4n) is 4.02. The highest BCUT2D eigenvalue weighted by Gasteiger charge is 2.39. The van der Waals surface area contributed by atoms with Gasteiger partial charge in [0, 0.05) is 0 Å². The summed E-state index contributed by atoms with van der Waals surface area (Å²) >= 11 is 0.982. The summed E-state index contributed by atoms with van der Waals surface area (Å²) in [5, 5.41) is 0.0437. The number of aldehydes is 1. The van der Waals surface area contributed by atoms with E-state index in [0.29, 0.717) is 6.29 Å². The molecule has 1 unspecified atom stereocenters. The lowest BCUT2D eigenvalue weighted by molar-refractivity contribution is -0.164. The highest BCUT2D eigenvalue weighted by atomic mass is 32.1. The number of methoxy groups -OCH3 is 1. The Kier molecular flexibility index (Phi) is 8.14. The van der Waals surface area contributed by atoms with E-state index in [2.05, 4.69) is 0 Å². The van der Waals surface area contributed by atoms with Crippen LogP contribution < -0.4 is 16.0 Å². The van der Waals surface area contributed by atoms with Gasteiger partial charge in [0.15, 0.2) is 12.0 Å². The number of carbonyl (C=O) groups is 2. The van der Waals surface area contributed by atoms with Gasteiger partial charge in [0.2, 0.25) is 0 Å². The molecule has 9 nitrogen and oxygen atoms in total. The lowest BCUT2D eigenvalue weighted by Gasteiger charge is -2.30. The number of hydrogen-bond acceptors (Lipinski definition) is 8. The second-order valence-electron chi connectivity index (χ2n) is 10.5. The third-order valence-electron chi connectivity index (χ3n) is 5.68. The van der Waals surface area contributed by atoms with Crippen molar-refractivity contribution < 1.29 is 23.8 Å². The molecule has 3 aromatic rings. The summed E-state index contributed by atoms with van der Waals surface area (Å²) in [5.74, 6) is -0.684. The van der Waals surface area contributed by atoms with Gasteiger partial charge in [-0.3, -0.25) is 14.2 Å². The standard InChI is InChI=1S/C27H34N2O7S/c1-16(2)35-18(17-12-10-9-11-13-17)14-28-23-20(21(34-8)19(15-30)37-23)22(31)29(25(28)33)27(6,7)24(32)36-26(3,4)5/h9-13,15-16,18H,14H2,1-8H3. The average molecular weight is 531 g/mol. The summed E-state index contributed by atoms with van der Waals surface area (Å²) in [6, 6.07) is 9.40. The number of thiophene rings is 1. The Morgan fingerprint density at radius 1 is 1.08 bits per heavy atom. The fraction of sp³-hybridized carbons (Fsp3) is 0.481. The molecular weight excluding hydrogens is 496 g/mol. The maximum Gasteiger partial charge on any atom is 0.333 e. The van der Waals surface area contributed by atoms with Crippen molar-refractivity contribution in [3.05, 3.63) is 61.6 Å². The summed E-state index contributed by atoms with van der Waals surface area (Å²) in [4.78, 5) is 53.3. The average Bonchev–Trinajstić information content (AvgIpc) is 3.19. The fourth-order valence-corrected chi connectivity index (χ4v) is 5.10. The molecule has 1 aromatic carbocycles. The number of ether oxygens (including phenoxy) is 3. The number of rotatable bonds is 9. The van der Waals surface area contributed by atoms with Crippen molar-refractivity contribution in [3.8, 4) is 5.75 Å². The molecule has 0 fully saturated rings. The second-order valence-corrected chi connectivity index (χ2v) is 11.5. The quantitative estimate of drug-likeness (QED) is 0.300. The van der Waals surface area contributed by atoms with E-state index in [1.54, 1.807) is 20.8 Å². The van der Waals surface area contributed by atoms with E-state index in [1.807, 2.05) is 44.2 Å². The minimum Gasteiger partial charge on any atom is -0.494 e. The molecule has 0 aliphatic rings. The zero-order valence-electron chi connectivity index (χ0n) is 22.5. The zero-order chi connectivity index (χ0) is 27.7. The monoisotopic (exact) mass is 530 g/mol. The first kappa shape index (κ1) is 28.3. The Morgan fingerprint density at radius 2 is 1.70 bits per heavy atom. The first-order valence-corrected chi connectivity index (χ1v) is 12.8. The van der Waals surface area contributed by atoms with E-state index in [1.165, 1.54) is 25.5 Å². The summed E-state index contributed by atoms with van der Waals surface area (Å²) < 4.78 is 19.4. The number of esters is 1. The van der Waals surface area contributed by atoms with E-state index in [0.717, 1.165) is 21.5 Å². The number of carbonyl (C=O) groups excluding carboxylic acids is 2. The van der Waals surface area contributed by atoms with Crippen molar-refractivity contribution in [2.45, 2.75) is 78.4 Å². The van der Waals surface area contributed by atoms with Crippen LogP contribution in [0.15, 0.2) is 39.9 Å². The van der Waals surface area contributed by atoms with Crippen LogP contribution in [0.4, 0.5) is 0 Å². The van der Waals surface area contributed by atoms with Gasteiger partial charge in [-0.2, -0.15) is 0 Å². The Labute approximate surface area is 219 Å². The molecule has 0 radical (unpaired) electrons. The Morgan fingerprint density at radius 3 is 2.22 bits per heavy atom. The maximum absolute atomic E-state index is 14.0. The summed E-state index contributed by atoms with van der Waals surface area (Å²) in [7, 11) is 1.35. The van der Waals surface area contributed by atoms with E-state index in [4.69, 9.17) is 14.2 Å². The van der Waals surface area contributed by atoms with Crippen molar-refractivity contribution in [2.75, 3.05) is 7.11 Å². The van der Waals surface area contributed by atoms with Gasteiger partial charge in [-0.25, -0.2) is 14.2 Å². The minimum absolute atomic E-state index is 0.0319. The molecular formula is C27H34N2O7S. The predicted octanol–water partition coefficient (Wildman–Crippen LogP) is 4.29. The zero-order valence-corrected chi connectivity index (χ0v) is 23.3. The Bertz CT molecular complexity index is 1410. The molecule has 0 spiro atoms. The molecule has 2 heterocycles. The number of nitrogens with zero attached hydrogens (tertiary/aromatic N) is 2. The third kappa shape index (κ3) is 5.70. The van der Waals surface area contributed by atoms with Crippen LogP contribution in [-0.2, 0) is 26.4 Å². The minimum atomic E-state index is -1.66. The number of hydrogen-bond donors (Lipinski definition) is 0. The van der Waals surface area contributed by atoms with Crippen LogP contribution in [0.25, 0.3) is 10.2 Å². The van der Waals surface area contributed by atoms with Crippen molar-refractivity contribution in [1.82, 2.24) is 9.13 Å². The third-order valence-corrected chi connectivity index (χ3v) is 6.80. The summed E-state index contributed by atoms with van der Waals surface area (Å²) in [5.41, 5.74) is -3.13. The van der Waals surface area contributed by atoms with E-state index >= 15 is 0 Å². The van der Waals surface area contributed by atoms with Gasteiger partial charge < -0.3 is 14.2 Å². The normalized spacial score (nSPS) is 13.1. The molecule has 0 bridgehead atoms. The van der Waals surface area contributed by atoms with Gasteiger partial charge in [0.05, 0.1) is 19.8 Å². The van der Waals surface area contributed by atoms with Gasteiger partial charge >= 0.3 is 11.7 Å². The van der Waals surface area contributed by atoms with Crippen LogP contribution >= 0.6 is 11.3 Å². The van der Waals surface area contributed by atoms with Gasteiger partial charge in [-0.15, -0.1) is 11.3 Å². The molecule has 2 aromatic heterocycles. The SMILES string of the molecule is COc1c(C=O)sc2c1c(=O)n(C(C)(C)C(=O)OC(C)(C)C)c(=O)n2CC(OC(C)C)c1ccccc1. The molecule has 0 aliphatic heterocycles. The molecule has 0 N–H and O–H groups in total. The van der Waals surface area contributed by atoms with Crippen molar-refractivity contribution >= 4 is 33.8 Å². The van der Waals surface area contributed by atoms with Crippen molar-refractivity contribution in [3.63, 3.8) is 0 Å². The molecule has 1 atom stereocenters. The van der Waals surface area contributed by atoms with Gasteiger partial charge in [0.25, 0.3) is 5.56 Å². The lowest BCUT2D eigenvalue weighted by Crippen LogP contribution is -2.54. The van der Waals surface area contributed by atoms with Crippen LogP contribution in [0.3, 0.4) is 0 Å². The molecule has 0 amide bonds. The van der Waals surface area contributed by atoms with E-state index < -0.39 is 34.5 Å². The van der Waals surface area contributed by atoms with E-state index in [-0.39, 0.29) is 33.5 Å². The van der Waals surface area contributed by atoms with E-state index in [9.17, 15) is 19.2 Å². The predicted molar refractivity (Wildman–Crippen MR) is 143 cm³/mol. The second kappa shape index (κ2) is 10.6. The summed E-state index contributed by atoms with van der Waals surface area (Å²) in [6.07, 6.45) is -0.130. The van der Waals surface area contributed by atoms with Crippen molar-refractivity contribution in [1.29, 1.82) is 0 Å². The number of aromatic nitrogens is 2. The highest BCUT2D eigenvalue weighted by molar-refractivity contribution is 7.20. The van der Waals surface area contributed by atoms with Crippen LogP contribution in [0.1, 0.15) is 69.8 Å². The summed E-state index contributed by atoms with van der Waals surface area (Å²) in [6.45, 7) is 11.8. The maximum atomic E-state index is 14.0. The topological polar surface area (TPSA) is 106 Å². The molecule has 0 saturated heterocycles. The Balaban J connectivity index is 2.37. The molecule has 37 heavy (non-hydrogen) atoms. The van der Waals surface area contributed by atoms with Crippen LogP contribution in [0, 0.1) is 0 Å². The molecule has 0 aliphatic carbocycles. The number of fused-ring (bicyclic) bond motifs is 1. The smallest absolute Gasteiger partial charge is 0.333 e. The van der Waals surface area contributed by atoms with Gasteiger partial charge in [0.1, 0.15) is 32.3 Å². The molecule has 0 saturated carbocycles. The largest absolute Gasteiger partial charge is 0.494 e. The van der Waals surface area contributed by atoms with Gasteiger partial charge in [-0.05, 0) is 54.0 Å². The van der Waals surface area contributed by atoms with Crippen LogP contribution in [-0.4, -0.2) is 40.2 Å². The molecule has 200 valence electrons. The first-order valence-electron chi connectivity index (χ1n) is 12.0. The van der Waals surface area contributed by atoms with Crippen LogP contribution in [0.5, 0.6) is 5.75 Å². The first-order chi connectivity index (χ1) is 17.2.